The minimum absolute atomic E-state index is 0.0139. The lowest BCUT2D eigenvalue weighted by atomic mass is 9.84. The second-order valence-corrected chi connectivity index (χ2v) is 6.14. The van der Waals surface area contributed by atoms with E-state index in [1.807, 2.05) is 31.2 Å². The maximum atomic E-state index is 12.2. The van der Waals surface area contributed by atoms with Crippen LogP contribution in [0.15, 0.2) is 28.7 Å². The van der Waals surface area contributed by atoms with Gasteiger partial charge in [0.15, 0.2) is 0 Å². The van der Waals surface area contributed by atoms with E-state index in [4.69, 9.17) is 5.73 Å². The number of rotatable bonds is 3. The van der Waals surface area contributed by atoms with Crippen molar-refractivity contribution in [1.29, 1.82) is 0 Å². The van der Waals surface area contributed by atoms with Crippen LogP contribution in [-0.2, 0) is 11.3 Å². The van der Waals surface area contributed by atoms with Crippen molar-refractivity contribution in [1.82, 2.24) is 5.32 Å². The molecule has 0 aliphatic heterocycles. The van der Waals surface area contributed by atoms with E-state index in [9.17, 15) is 4.79 Å². The maximum absolute atomic E-state index is 12.2. The number of nitrogens with one attached hydrogen (secondary N) is 1. The standard InChI is InChI=1S/C14H19BrN2O/c1-14(7-3-6-12(14)16)13(18)17-9-10-4-2-5-11(15)8-10/h2,4-5,8,12H,3,6-7,9,16H2,1H3,(H,17,18). The van der Waals surface area contributed by atoms with Crippen molar-refractivity contribution in [3.05, 3.63) is 34.3 Å². The third-order valence-corrected chi connectivity index (χ3v) is 4.38. The van der Waals surface area contributed by atoms with Crippen LogP contribution in [0.2, 0.25) is 0 Å². The number of amides is 1. The highest BCUT2D eigenvalue weighted by Crippen LogP contribution is 2.36. The van der Waals surface area contributed by atoms with E-state index in [0.717, 1.165) is 29.3 Å². The summed E-state index contributed by atoms with van der Waals surface area (Å²) in [5, 5.41) is 3.00. The molecule has 0 aromatic heterocycles. The number of carbonyl (C=O) groups excluding carboxylic acids is 1. The molecule has 2 unspecified atom stereocenters. The zero-order valence-electron chi connectivity index (χ0n) is 10.6. The molecule has 2 rings (SSSR count). The van der Waals surface area contributed by atoms with Gasteiger partial charge >= 0.3 is 0 Å². The molecule has 3 N–H and O–H groups in total. The molecule has 0 saturated heterocycles. The van der Waals surface area contributed by atoms with Crippen molar-refractivity contribution < 1.29 is 4.79 Å². The van der Waals surface area contributed by atoms with Gasteiger partial charge in [-0.3, -0.25) is 4.79 Å². The maximum Gasteiger partial charge on any atom is 0.227 e. The quantitative estimate of drug-likeness (QED) is 0.901. The van der Waals surface area contributed by atoms with Gasteiger partial charge in [0.25, 0.3) is 0 Å². The van der Waals surface area contributed by atoms with Crippen LogP contribution >= 0.6 is 15.9 Å². The summed E-state index contributed by atoms with van der Waals surface area (Å²) in [6.45, 7) is 2.53. The predicted octanol–water partition coefficient (Wildman–Crippen LogP) is 2.58. The summed E-state index contributed by atoms with van der Waals surface area (Å²) in [4.78, 5) is 12.2. The fourth-order valence-corrected chi connectivity index (χ4v) is 2.95. The minimum atomic E-state index is -0.397. The Hall–Kier alpha value is -0.870. The molecule has 4 heteroatoms. The van der Waals surface area contributed by atoms with Gasteiger partial charge < -0.3 is 11.1 Å². The van der Waals surface area contributed by atoms with E-state index in [0.29, 0.717) is 6.54 Å². The zero-order chi connectivity index (χ0) is 13.2. The zero-order valence-corrected chi connectivity index (χ0v) is 12.2. The molecule has 0 spiro atoms. The molecule has 1 aliphatic carbocycles. The Balaban J connectivity index is 1.96. The van der Waals surface area contributed by atoms with E-state index in [1.54, 1.807) is 0 Å². The number of benzene rings is 1. The van der Waals surface area contributed by atoms with Gasteiger partial charge in [0.1, 0.15) is 0 Å². The summed E-state index contributed by atoms with van der Waals surface area (Å²) in [6, 6.07) is 7.94. The Labute approximate surface area is 116 Å². The highest BCUT2D eigenvalue weighted by Gasteiger charge is 2.42. The second kappa shape index (κ2) is 5.41. The Morgan fingerprint density at radius 2 is 2.39 bits per heavy atom. The van der Waals surface area contributed by atoms with E-state index in [1.165, 1.54) is 0 Å². The van der Waals surface area contributed by atoms with E-state index in [2.05, 4.69) is 21.2 Å². The average molecular weight is 311 g/mol. The van der Waals surface area contributed by atoms with E-state index in [-0.39, 0.29) is 11.9 Å². The first-order valence-electron chi connectivity index (χ1n) is 6.31. The first kappa shape index (κ1) is 13.6. The lowest BCUT2D eigenvalue weighted by molar-refractivity contribution is -0.130. The van der Waals surface area contributed by atoms with Crippen molar-refractivity contribution in [3.63, 3.8) is 0 Å². The predicted molar refractivity (Wildman–Crippen MR) is 75.9 cm³/mol. The van der Waals surface area contributed by atoms with Crippen LogP contribution in [0, 0.1) is 5.41 Å². The second-order valence-electron chi connectivity index (χ2n) is 5.23. The summed E-state index contributed by atoms with van der Waals surface area (Å²) >= 11 is 3.42. The van der Waals surface area contributed by atoms with Crippen LogP contribution in [0.1, 0.15) is 31.7 Å². The number of hydrogen-bond acceptors (Lipinski definition) is 2. The van der Waals surface area contributed by atoms with Gasteiger partial charge in [-0.05, 0) is 37.5 Å². The molecule has 18 heavy (non-hydrogen) atoms. The fourth-order valence-electron chi connectivity index (χ4n) is 2.51. The van der Waals surface area contributed by atoms with Crippen LogP contribution in [0.3, 0.4) is 0 Å². The molecular weight excluding hydrogens is 292 g/mol. The number of halogens is 1. The lowest BCUT2D eigenvalue weighted by Gasteiger charge is -2.27. The molecular formula is C14H19BrN2O. The molecule has 98 valence electrons. The summed E-state index contributed by atoms with van der Waals surface area (Å²) in [5.41, 5.74) is 6.73. The van der Waals surface area contributed by atoms with E-state index < -0.39 is 5.41 Å². The largest absolute Gasteiger partial charge is 0.352 e. The topological polar surface area (TPSA) is 55.1 Å². The molecule has 1 saturated carbocycles. The van der Waals surface area contributed by atoms with Gasteiger partial charge in [0.05, 0.1) is 5.41 Å². The van der Waals surface area contributed by atoms with Crippen LogP contribution in [-0.4, -0.2) is 11.9 Å². The molecule has 0 bridgehead atoms. The third kappa shape index (κ3) is 2.75. The Morgan fingerprint density at radius 3 is 3.00 bits per heavy atom. The SMILES string of the molecule is CC1(C(=O)NCc2cccc(Br)c2)CCCC1N. The molecule has 1 amide bonds. The highest BCUT2D eigenvalue weighted by atomic mass is 79.9. The fraction of sp³-hybridized carbons (Fsp3) is 0.500. The van der Waals surface area contributed by atoms with Crippen molar-refractivity contribution in [2.24, 2.45) is 11.1 Å². The Morgan fingerprint density at radius 1 is 1.61 bits per heavy atom. The molecule has 1 aliphatic rings. The summed E-state index contributed by atoms with van der Waals surface area (Å²) in [7, 11) is 0. The van der Waals surface area contributed by atoms with Crippen molar-refractivity contribution >= 4 is 21.8 Å². The van der Waals surface area contributed by atoms with Gasteiger partial charge in [-0.1, -0.05) is 34.5 Å². The monoisotopic (exact) mass is 310 g/mol. The smallest absolute Gasteiger partial charge is 0.227 e. The summed E-state index contributed by atoms with van der Waals surface area (Å²) in [6.07, 6.45) is 2.88. The highest BCUT2D eigenvalue weighted by molar-refractivity contribution is 9.10. The normalized spacial score (nSPS) is 27.2. The number of hydrogen-bond donors (Lipinski definition) is 2. The van der Waals surface area contributed by atoms with Crippen molar-refractivity contribution in [2.45, 2.75) is 38.8 Å². The molecule has 1 aromatic rings. The Bertz CT molecular complexity index is 449. The van der Waals surface area contributed by atoms with Crippen LogP contribution in [0.25, 0.3) is 0 Å². The number of carbonyl (C=O) groups is 1. The molecule has 0 heterocycles. The van der Waals surface area contributed by atoms with Crippen LogP contribution in [0.4, 0.5) is 0 Å². The average Bonchev–Trinajstić information content (AvgIpc) is 2.68. The van der Waals surface area contributed by atoms with E-state index >= 15 is 0 Å². The Kier molecular flexibility index (Phi) is 4.07. The lowest BCUT2D eigenvalue weighted by Crippen LogP contribution is -2.47. The first-order valence-corrected chi connectivity index (χ1v) is 7.10. The number of nitrogens with two attached hydrogens (primary N) is 1. The molecule has 1 aromatic carbocycles. The molecule has 3 nitrogen and oxygen atoms in total. The van der Waals surface area contributed by atoms with Crippen molar-refractivity contribution in [3.8, 4) is 0 Å². The first-order chi connectivity index (χ1) is 8.52. The molecule has 2 atom stereocenters. The van der Waals surface area contributed by atoms with Gasteiger partial charge in [-0.15, -0.1) is 0 Å². The summed E-state index contributed by atoms with van der Waals surface area (Å²) < 4.78 is 1.03. The van der Waals surface area contributed by atoms with Gasteiger partial charge in [-0.25, -0.2) is 0 Å². The van der Waals surface area contributed by atoms with Gasteiger partial charge in [-0.2, -0.15) is 0 Å². The third-order valence-electron chi connectivity index (χ3n) is 3.89. The summed E-state index contributed by atoms with van der Waals surface area (Å²) in [5.74, 6) is 0.0764. The van der Waals surface area contributed by atoms with Crippen LogP contribution in [0.5, 0.6) is 0 Å². The van der Waals surface area contributed by atoms with Crippen molar-refractivity contribution in [2.75, 3.05) is 0 Å². The van der Waals surface area contributed by atoms with Gasteiger partial charge in [0, 0.05) is 17.1 Å². The van der Waals surface area contributed by atoms with Gasteiger partial charge in [0.2, 0.25) is 5.91 Å². The van der Waals surface area contributed by atoms with Crippen LogP contribution < -0.4 is 11.1 Å². The minimum Gasteiger partial charge on any atom is -0.352 e. The molecule has 0 radical (unpaired) electrons. The molecule has 1 fully saturated rings.